The highest BCUT2D eigenvalue weighted by Crippen LogP contribution is 2.23. The molecule has 1 aliphatic rings. The smallest absolute Gasteiger partial charge is 0.306 e. The van der Waals surface area contributed by atoms with E-state index in [0.29, 0.717) is 13.0 Å². The second kappa shape index (κ2) is 39.4. The molecule has 56 heavy (non-hydrogen) atoms. The zero-order chi connectivity index (χ0) is 40.7. The van der Waals surface area contributed by atoms with Crippen LogP contribution >= 0.6 is 0 Å². The van der Waals surface area contributed by atoms with E-state index in [0.717, 1.165) is 44.9 Å². The maximum atomic E-state index is 12.8. The molecule has 9 heteroatoms. The van der Waals surface area contributed by atoms with Crippen molar-refractivity contribution in [2.75, 3.05) is 26.4 Å². The summed E-state index contributed by atoms with van der Waals surface area (Å²) >= 11 is 0. The summed E-state index contributed by atoms with van der Waals surface area (Å²) < 4.78 is 22.8. The van der Waals surface area contributed by atoms with E-state index in [1.54, 1.807) is 0 Å². The van der Waals surface area contributed by atoms with E-state index in [-0.39, 0.29) is 19.2 Å². The van der Waals surface area contributed by atoms with Crippen molar-refractivity contribution < 1.29 is 44.2 Å². The Morgan fingerprint density at radius 1 is 0.554 bits per heavy atom. The predicted molar refractivity (Wildman–Crippen MR) is 229 cm³/mol. The van der Waals surface area contributed by atoms with Crippen molar-refractivity contribution >= 4 is 5.97 Å². The average Bonchev–Trinajstić information content (AvgIpc) is 3.20. The van der Waals surface area contributed by atoms with Gasteiger partial charge in [-0.1, -0.05) is 187 Å². The summed E-state index contributed by atoms with van der Waals surface area (Å²) in [6.07, 6.45) is 36.7. The van der Waals surface area contributed by atoms with Crippen LogP contribution in [0.15, 0.2) is 12.2 Å². The number of aliphatic hydroxyl groups excluding tert-OH is 4. The first-order valence-electron chi connectivity index (χ1n) is 23.8. The van der Waals surface area contributed by atoms with Gasteiger partial charge in [0.25, 0.3) is 0 Å². The van der Waals surface area contributed by atoms with Crippen molar-refractivity contribution in [2.24, 2.45) is 0 Å². The minimum atomic E-state index is -1.53. The van der Waals surface area contributed by atoms with E-state index in [1.807, 2.05) is 0 Å². The zero-order valence-electron chi connectivity index (χ0n) is 36.4. The molecule has 0 amide bonds. The third-order valence-electron chi connectivity index (χ3n) is 11.2. The molecule has 1 aliphatic heterocycles. The van der Waals surface area contributed by atoms with Crippen molar-refractivity contribution in [2.45, 2.75) is 256 Å². The van der Waals surface area contributed by atoms with Crippen LogP contribution in [0.2, 0.25) is 0 Å². The van der Waals surface area contributed by atoms with Crippen LogP contribution in [0.1, 0.15) is 219 Å². The maximum Gasteiger partial charge on any atom is 0.306 e. The van der Waals surface area contributed by atoms with Gasteiger partial charge in [0, 0.05) is 13.0 Å². The monoisotopic (exact) mass is 799 g/mol. The predicted octanol–water partition coefficient (Wildman–Crippen LogP) is 10.8. The van der Waals surface area contributed by atoms with Crippen LogP contribution in [-0.2, 0) is 23.7 Å². The van der Waals surface area contributed by atoms with E-state index in [9.17, 15) is 25.2 Å². The van der Waals surface area contributed by atoms with E-state index >= 15 is 0 Å². The van der Waals surface area contributed by atoms with E-state index in [2.05, 4.69) is 26.0 Å². The van der Waals surface area contributed by atoms with Gasteiger partial charge in [0.15, 0.2) is 6.29 Å². The molecule has 0 aromatic carbocycles. The summed E-state index contributed by atoms with van der Waals surface area (Å²) in [6.45, 7) is 4.58. The van der Waals surface area contributed by atoms with Gasteiger partial charge in [0.2, 0.25) is 0 Å². The SMILES string of the molecule is CCCCCCC/C=C\CCCCCCCC(=O)OC(COCCCCCCCCCCCCCCCCCCCCC)COC1OC(CO)C(O)C(O)C1O. The summed E-state index contributed by atoms with van der Waals surface area (Å²) in [5.74, 6) is -0.318. The first-order valence-corrected chi connectivity index (χ1v) is 23.8. The molecule has 6 unspecified atom stereocenters. The normalized spacial score (nSPS) is 20.6. The summed E-state index contributed by atoms with van der Waals surface area (Å²) in [7, 11) is 0. The molecule has 0 saturated carbocycles. The van der Waals surface area contributed by atoms with Crippen molar-refractivity contribution in [3.05, 3.63) is 12.2 Å². The van der Waals surface area contributed by atoms with Gasteiger partial charge < -0.3 is 39.4 Å². The van der Waals surface area contributed by atoms with Crippen LogP contribution in [0.3, 0.4) is 0 Å². The number of hydrogen-bond donors (Lipinski definition) is 4. The first kappa shape index (κ1) is 52.9. The number of unbranched alkanes of at least 4 members (excludes halogenated alkanes) is 28. The van der Waals surface area contributed by atoms with Crippen LogP contribution in [-0.4, -0.2) is 89.6 Å². The van der Waals surface area contributed by atoms with Crippen molar-refractivity contribution in [1.82, 2.24) is 0 Å². The summed E-state index contributed by atoms with van der Waals surface area (Å²) in [6, 6.07) is 0. The highest BCUT2D eigenvalue weighted by Gasteiger charge is 2.44. The molecule has 0 aliphatic carbocycles. The largest absolute Gasteiger partial charge is 0.457 e. The highest BCUT2D eigenvalue weighted by molar-refractivity contribution is 5.69. The fourth-order valence-corrected chi connectivity index (χ4v) is 7.43. The Labute approximate surface area is 344 Å². The first-order chi connectivity index (χ1) is 27.4. The van der Waals surface area contributed by atoms with Gasteiger partial charge in [-0.15, -0.1) is 0 Å². The maximum absolute atomic E-state index is 12.8. The fourth-order valence-electron chi connectivity index (χ4n) is 7.43. The average molecular weight is 799 g/mol. The summed E-state index contributed by atoms with van der Waals surface area (Å²) in [5, 5.41) is 40.1. The Morgan fingerprint density at radius 2 is 0.982 bits per heavy atom. The minimum Gasteiger partial charge on any atom is -0.457 e. The lowest BCUT2D eigenvalue weighted by molar-refractivity contribution is -0.305. The topological polar surface area (TPSA) is 135 Å². The molecule has 0 radical (unpaired) electrons. The number of carbonyl (C=O) groups is 1. The molecule has 0 aromatic rings. The summed E-state index contributed by atoms with van der Waals surface area (Å²) in [4.78, 5) is 12.8. The Morgan fingerprint density at radius 3 is 1.45 bits per heavy atom. The molecule has 9 nitrogen and oxygen atoms in total. The number of carbonyl (C=O) groups excluding carboxylic acids is 1. The van der Waals surface area contributed by atoms with Gasteiger partial charge in [0.1, 0.15) is 30.5 Å². The Balaban J connectivity index is 2.22. The lowest BCUT2D eigenvalue weighted by Gasteiger charge is -2.39. The van der Waals surface area contributed by atoms with Crippen molar-refractivity contribution in [3.8, 4) is 0 Å². The fraction of sp³-hybridized carbons (Fsp3) is 0.936. The Kier molecular flexibility index (Phi) is 37.2. The van der Waals surface area contributed by atoms with Crippen LogP contribution in [0.25, 0.3) is 0 Å². The quantitative estimate of drug-likeness (QED) is 0.0271. The van der Waals surface area contributed by atoms with E-state index in [4.69, 9.17) is 18.9 Å². The Hall–Kier alpha value is -1.07. The molecule has 6 atom stereocenters. The number of aliphatic hydroxyl groups is 4. The van der Waals surface area contributed by atoms with Gasteiger partial charge in [-0.3, -0.25) is 4.79 Å². The van der Waals surface area contributed by atoms with Crippen molar-refractivity contribution in [3.63, 3.8) is 0 Å². The van der Waals surface area contributed by atoms with Gasteiger partial charge in [-0.2, -0.15) is 0 Å². The van der Waals surface area contributed by atoms with Crippen LogP contribution in [0.5, 0.6) is 0 Å². The van der Waals surface area contributed by atoms with E-state index in [1.165, 1.54) is 154 Å². The zero-order valence-corrected chi connectivity index (χ0v) is 36.4. The third-order valence-corrected chi connectivity index (χ3v) is 11.2. The van der Waals surface area contributed by atoms with Crippen LogP contribution in [0, 0.1) is 0 Å². The molecule has 1 saturated heterocycles. The highest BCUT2D eigenvalue weighted by atomic mass is 16.7. The molecule has 1 heterocycles. The number of hydrogen-bond acceptors (Lipinski definition) is 9. The Bertz CT molecular complexity index is 869. The number of allylic oxidation sites excluding steroid dienone is 2. The van der Waals surface area contributed by atoms with Crippen molar-refractivity contribution in [1.29, 1.82) is 0 Å². The number of ether oxygens (including phenoxy) is 4. The van der Waals surface area contributed by atoms with Gasteiger partial charge in [0.05, 0.1) is 19.8 Å². The number of esters is 1. The summed E-state index contributed by atoms with van der Waals surface area (Å²) in [5.41, 5.74) is 0. The number of rotatable bonds is 41. The molecule has 1 rings (SSSR count). The molecule has 0 aromatic heterocycles. The molecular weight excluding hydrogens is 709 g/mol. The second-order valence-corrected chi connectivity index (χ2v) is 16.6. The van der Waals surface area contributed by atoms with Gasteiger partial charge in [-0.25, -0.2) is 0 Å². The van der Waals surface area contributed by atoms with Gasteiger partial charge in [-0.05, 0) is 38.5 Å². The molecular formula is C47H90O9. The molecule has 0 bridgehead atoms. The standard InChI is InChI=1S/C47H90O9/c1-3-5-7-9-11-13-15-17-19-20-21-22-23-25-27-29-31-33-35-37-53-39-41(40-54-47-46(52)45(51)44(50)42(38-48)56-47)55-43(49)36-34-32-30-28-26-24-18-16-14-12-10-8-6-4-2/h16,18,41-42,44-48,50-52H,3-15,17,19-40H2,1-2H3/b18-16-. The molecule has 0 spiro atoms. The molecule has 4 N–H and O–H groups in total. The van der Waals surface area contributed by atoms with Crippen LogP contribution < -0.4 is 0 Å². The lowest BCUT2D eigenvalue weighted by atomic mass is 9.99. The molecule has 332 valence electrons. The second-order valence-electron chi connectivity index (χ2n) is 16.6. The van der Waals surface area contributed by atoms with E-state index < -0.39 is 43.4 Å². The molecule has 1 fully saturated rings. The van der Waals surface area contributed by atoms with Crippen LogP contribution in [0.4, 0.5) is 0 Å². The third kappa shape index (κ3) is 30.0. The van der Waals surface area contributed by atoms with Gasteiger partial charge >= 0.3 is 5.97 Å². The lowest BCUT2D eigenvalue weighted by Crippen LogP contribution is -2.59. The minimum absolute atomic E-state index is 0.111.